The second-order valence-corrected chi connectivity index (χ2v) is 4.37. The van der Waals surface area contributed by atoms with Crippen molar-refractivity contribution in [1.29, 1.82) is 0 Å². The number of nitrogen functional groups attached to an aromatic ring is 1. The highest BCUT2D eigenvalue weighted by atomic mass is 79.9. The van der Waals surface area contributed by atoms with Crippen LogP contribution in [0.1, 0.15) is 5.69 Å². The van der Waals surface area contributed by atoms with Crippen molar-refractivity contribution in [3.63, 3.8) is 0 Å². The average molecular weight is 251 g/mol. The Bertz CT molecular complexity index is 300. The molecule has 0 amide bonds. The molecule has 0 bridgehead atoms. The Labute approximate surface area is 81.9 Å². The summed E-state index contributed by atoms with van der Waals surface area (Å²) in [4.78, 5) is 14.8. The highest BCUT2D eigenvalue weighted by molar-refractivity contribution is 9.11. The number of hydrogen-bond acceptors (Lipinski definition) is 5. The second kappa shape index (κ2) is 3.86. The van der Waals surface area contributed by atoms with Crippen LogP contribution < -0.4 is 5.73 Å². The summed E-state index contributed by atoms with van der Waals surface area (Å²) < 4.78 is 5.27. The molecule has 0 aliphatic heterocycles. The van der Waals surface area contributed by atoms with Crippen LogP contribution in [-0.2, 0) is 16.0 Å². The Balaban J connectivity index is 2.75. The number of carbonyl (C=O) groups excluding carboxylic acids is 1. The monoisotopic (exact) mass is 250 g/mol. The van der Waals surface area contributed by atoms with Gasteiger partial charge in [0.2, 0.25) is 0 Å². The first kappa shape index (κ1) is 9.47. The molecule has 1 aromatic heterocycles. The maximum Gasteiger partial charge on any atom is 0.311 e. The third-order valence-corrected chi connectivity index (χ3v) is 2.86. The van der Waals surface area contributed by atoms with Gasteiger partial charge in [0.05, 0.1) is 23.0 Å². The van der Waals surface area contributed by atoms with Gasteiger partial charge in [-0.25, -0.2) is 4.98 Å². The largest absolute Gasteiger partial charge is 0.469 e. The van der Waals surface area contributed by atoms with E-state index >= 15 is 0 Å². The van der Waals surface area contributed by atoms with Crippen molar-refractivity contribution in [2.75, 3.05) is 12.8 Å². The maximum atomic E-state index is 10.8. The van der Waals surface area contributed by atoms with Gasteiger partial charge in [0.15, 0.2) is 5.13 Å². The molecular formula is C6H7BrN2O2S. The molecule has 0 aliphatic rings. The molecule has 0 atom stereocenters. The molecule has 0 spiro atoms. The summed E-state index contributed by atoms with van der Waals surface area (Å²) in [5.41, 5.74) is 6.05. The minimum atomic E-state index is -0.319. The number of carbonyl (C=O) groups is 1. The summed E-state index contributed by atoms with van der Waals surface area (Å²) in [5, 5.41) is 0.445. The molecule has 0 saturated heterocycles. The number of esters is 1. The van der Waals surface area contributed by atoms with Crippen LogP contribution in [0.4, 0.5) is 5.13 Å². The number of halogens is 1. The van der Waals surface area contributed by atoms with E-state index in [1.807, 2.05) is 0 Å². The Morgan fingerprint density at radius 1 is 1.83 bits per heavy atom. The average Bonchev–Trinajstić information content (AvgIpc) is 2.30. The number of rotatable bonds is 2. The SMILES string of the molecule is COC(=O)Cc1nc(N)sc1Br. The number of thiazole rings is 1. The summed E-state index contributed by atoms with van der Waals surface area (Å²) in [7, 11) is 1.34. The Kier molecular flexibility index (Phi) is 3.05. The lowest BCUT2D eigenvalue weighted by Gasteiger charge is -1.94. The van der Waals surface area contributed by atoms with Gasteiger partial charge in [0.25, 0.3) is 0 Å². The zero-order chi connectivity index (χ0) is 9.14. The molecule has 1 heterocycles. The zero-order valence-corrected chi connectivity index (χ0v) is 8.74. The fourth-order valence-corrected chi connectivity index (χ4v) is 1.97. The normalized spacial score (nSPS) is 9.83. The summed E-state index contributed by atoms with van der Waals surface area (Å²) in [6.45, 7) is 0. The zero-order valence-electron chi connectivity index (χ0n) is 6.33. The lowest BCUT2D eigenvalue weighted by Crippen LogP contribution is -2.05. The van der Waals surface area contributed by atoms with E-state index in [0.29, 0.717) is 10.8 Å². The van der Waals surface area contributed by atoms with Crippen LogP contribution >= 0.6 is 27.3 Å². The van der Waals surface area contributed by atoms with E-state index in [1.165, 1.54) is 18.4 Å². The summed E-state index contributed by atoms with van der Waals surface area (Å²) in [5.74, 6) is -0.319. The molecule has 0 aliphatic carbocycles. The molecule has 2 N–H and O–H groups in total. The number of methoxy groups -OCH3 is 1. The number of ether oxygens (including phenoxy) is 1. The standard InChI is InChI=1S/C6H7BrN2O2S/c1-11-4(10)2-3-5(7)12-6(8)9-3/h2H2,1H3,(H2,8,9). The minimum absolute atomic E-state index is 0.158. The number of nitrogens with zero attached hydrogens (tertiary/aromatic N) is 1. The molecule has 0 fully saturated rings. The number of aromatic nitrogens is 1. The molecule has 0 saturated carbocycles. The quantitative estimate of drug-likeness (QED) is 0.802. The van der Waals surface area contributed by atoms with Gasteiger partial charge in [-0.05, 0) is 15.9 Å². The van der Waals surface area contributed by atoms with E-state index in [-0.39, 0.29) is 12.4 Å². The molecular weight excluding hydrogens is 244 g/mol. The van der Waals surface area contributed by atoms with E-state index in [9.17, 15) is 4.79 Å². The van der Waals surface area contributed by atoms with Crippen LogP contribution in [0.3, 0.4) is 0 Å². The van der Waals surface area contributed by atoms with Gasteiger partial charge in [-0.3, -0.25) is 4.79 Å². The van der Waals surface area contributed by atoms with Crippen LogP contribution in [0.2, 0.25) is 0 Å². The fraction of sp³-hybridized carbons (Fsp3) is 0.333. The first-order valence-electron chi connectivity index (χ1n) is 3.11. The van der Waals surface area contributed by atoms with E-state index in [1.54, 1.807) is 0 Å². The van der Waals surface area contributed by atoms with Crippen molar-refractivity contribution in [3.05, 3.63) is 9.48 Å². The summed E-state index contributed by atoms with van der Waals surface area (Å²) >= 11 is 4.54. The Morgan fingerprint density at radius 2 is 2.50 bits per heavy atom. The van der Waals surface area contributed by atoms with Crippen molar-refractivity contribution in [2.45, 2.75) is 6.42 Å². The Hall–Kier alpha value is -0.620. The van der Waals surface area contributed by atoms with Crippen LogP contribution in [0.15, 0.2) is 3.79 Å². The predicted octanol–water partition coefficient (Wildman–Crippen LogP) is 1.20. The first-order valence-corrected chi connectivity index (χ1v) is 4.72. The molecule has 0 unspecified atom stereocenters. The lowest BCUT2D eigenvalue weighted by molar-refractivity contribution is -0.139. The summed E-state index contributed by atoms with van der Waals surface area (Å²) in [6.07, 6.45) is 0.158. The van der Waals surface area contributed by atoms with Crippen LogP contribution in [0, 0.1) is 0 Å². The highest BCUT2D eigenvalue weighted by Gasteiger charge is 2.11. The van der Waals surface area contributed by atoms with Gasteiger partial charge in [-0.2, -0.15) is 0 Å². The molecule has 66 valence electrons. The number of anilines is 1. The van der Waals surface area contributed by atoms with Gasteiger partial charge in [-0.15, -0.1) is 0 Å². The van der Waals surface area contributed by atoms with E-state index < -0.39 is 0 Å². The minimum Gasteiger partial charge on any atom is -0.469 e. The van der Waals surface area contributed by atoms with Crippen LogP contribution in [-0.4, -0.2) is 18.1 Å². The Morgan fingerprint density at radius 3 is 2.92 bits per heavy atom. The highest BCUT2D eigenvalue weighted by Crippen LogP contribution is 2.26. The maximum absolute atomic E-state index is 10.8. The fourth-order valence-electron chi connectivity index (χ4n) is 0.668. The molecule has 1 rings (SSSR count). The summed E-state index contributed by atoms with van der Waals surface area (Å²) in [6, 6.07) is 0. The molecule has 6 heteroatoms. The van der Waals surface area contributed by atoms with Gasteiger partial charge in [0, 0.05) is 0 Å². The van der Waals surface area contributed by atoms with Crippen molar-refractivity contribution in [1.82, 2.24) is 4.98 Å². The number of nitrogens with two attached hydrogens (primary N) is 1. The first-order chi connectivity index (χ1) is 5.63. The third kappa shape index (κ3) is 2.18. The number of hydrogen-bond donors (Lipinski definition) is 1. The molecule has 1 aromatic rings. The van der Waals surface area contributed by atoms with E-state index in [4.69, 9.17) is 5.73 Å². The van der Waals surface area contributed by atoms with Gasteiger partial charge in [0.1, 0.15) is 0 Å². The molecule has 12 heavy (non-hydrogen) atoms. The molecule has 0 aromatic carbocycles. The smallest absolute Gasteiger partial charge is 0.311 e. The van der Waals surface area contributed by atoms with Crippen molar-refractivity contribution >= 4 is 38.4 Å². The van der Waals surface area contributed by atoms with Gasteiger partial charge < -0.3 is 10.5 Å². The van der Waals surface area contributed by atoms with Crippen molar-refractivity contribution in [2.24, 2.45) is 0 Å². The molecule has 0 radical (unpaired) electrons. The predicted molar refractivity (Wildman–Crippen MR) is 49.9 cm³/mol. The lowest BCUT2D eigenvalue weighted by atomic mass is 10.3. The third-order valence-electron chi connectivity index (χ3n) is 1.21. The van der Waals surface area contributed by atoms with Crippen LogP contribution in [0.25, 0.3) is 0 Å². The van der Waals surface area contributed by atoms with E-state index in [0.717, 1.165) is 3.79 Å². The van der Waals surface area contributed by atoms with Crippen molar-refractivity contribution in [3.8, 4) is 0 Å². The van der Waals surface area contributed by atoms with Gasteiger partial charge in [-0.1, -0.05) is 11.3 Å². The van der Waals surface area contributed by atoms with E-state index in [2.05, 4.69) is 25.7 Å². The van der Waals surface area contributed by atoms with Crippen LogP contribution in [0.5, 0.6) is 0 Å². The van der Waals surface area contributed by atoms with Crippen molar-refractivity contribution < 1.29 is 9.53 Å². The topological polar surface area (TPSA) is 65.2 Å². The molecule has 4 nitrogen and oxygen atoms in total. The van der Waals surface area contributed by atoms with Gasteiger partial charge >= 0.3 is 5.97 Å². The second-order valence-electron chi connectivity index (χ2n) is 2.03.